The van der Waals surface area contributed by atoms with Crippen LogP contribution in [0.25, 0.3) is 22.6 Å². The highest BCUT2D eigenvalue weighted by molar-refractivity contribution is 5.69. The van der Waals surface area contributed by atoms with Crippen molar-refractivity contribution in [2.45, 2.75) is 45.9 Å². The topological polar surface area (TPSA) is 48.8 Å². The molecule has 6 rings (SSSR count). The first kappa shape index (κ1) is 27.6. The number of hydrogen-bond acceptors (Lipinski definition) is 5. The predicted molar refractivity (Wildman–Crippen MR) is 167 cm³/mol. The molecule has 42 heavy (non-hydrogen) atoms. The standard InChI is InChI=1S/C36H37N3O3/c1-3-4-21-39-32(35(29-16-18-31(40-2)19-17-29)37-36(39)30-13-9-6-10-14-30)25-38(23-27-11-7-5-8-12-27)24-28-15-20-33-34(22-28)42-26-41-33/h5-20,22H,3-4,21,23-26H2,1-2H3. The molecule has 0 unspecified atom stereocenters. The number of fused-ring (bicyclic) bond motifs is 1. The van der Waals surface area contributed by atoms with Crippen molar-refractivity contribution in [1.29, 1.82) is 0 Å². The molecule has 1 aromatic heterocycles. The molecule has 6 heteroatoms. The fourth-order valence-corrected chi connectivity index (χ4v) is 5.51. The van der Waals surface area contributed by atoms with Gasteiger partial charge in [-0.15, -0.1) is 0 Å². The van der Waals surface area contributed by atoms with Gasteiger partial charge in [-0.2, -0.15) is 0 Å². The molecule has 0 bridgehead atoms. The van der Waals surface area contributed by atoms with Crippen LogP contribution in [0.2, 0.25) is 0 Å². The Labute approximate surface area is 248 Å². The maximum Gasteiger partial charge on any atom is 0.231 e. The van der Waals surface area contributed by atoms with Crippen molar-refractivity contribution in [3.05, 3.63) is 120 Å². The number of aromatic nitrogens is 2. The normalized spacial score (nSPS) is 12.2. The molecule has 0 spiro atoms. The summed E-state index contributed by atoms with van der Waals surface area (Å²) in [4.78, 5) is 7.83. The van der Waals surface area contributed by atoms with Crippen LogP contribution in [0.1, 0.15) is 36.6 Å². The minimum atomic E-state index is 0.274. The molecule has 6 nitrogen and oxygen atoms in total. The van der Waals surface area contributed by atoms with E-state index in [0.29, 0.717) is 0 Å². The third-order valence-electron chi connectivity index (χ3n) is 7.67. The summed E-state index contributed by atoms with van der Waals surface area (Å²) in [5.74, 6) is 3.46. The number of benzene rings is 4. The van der Waals surface area contributed by atoms with Gasteiger partial charge in [0.1, 0.15) is 11.6 Å². The summed E-state index contributed by atoms with van der Waals surface area (Å²) in [7, 11) is 1.70. The van der Waals surface area contributed by atoms with E-state index in [0.717, 1.165) is 78.9 Å². The molecular weight excluding hydrogens is 522 g/mol. The van der Waals surface area contributed by atoms with E-state index in [1.807, 2.05) is 18.2 Å². The first-order valence-corrected chi connectivity index (χ1v) is 14.7. The third-order valence-corrected chi connectivity index (χ3v) is 7.67. The Morgan fingerprint density at radius 3 is 2.21 bits per heavy atom. The molecule has 0 N–H and O–H groups in total. The fraction of sp³-hybridized carbons (Fsp3) is 0.250. The average Bonchev–Trinajstić information content (AvgIpc) is 3.65. The Morgan fingerprint density at radius 1 is 0.762 bits per heavy atom. The molecule has 214 valence electrons. The van der Waals surface area contributed by atoms with E-state index in [1.54, 1.807) is 7.11 Å². The van der Waals surface area contributed by atoms with Gasteiger partial charge in [0.15, 0.2) is 11.5 Å². The second-order valence-corrected chi connectivity index (χ2v) is 10.6. The lowest BCUT2D eigenvalue weighted by molar-refractivity contribution is 0.174. The van der Waals surface area contributed by atoms with Crippen molar-refractivity contribution in [3.8, 4) is 39.9 Å². The Hall–Kier alpha value is -4.55. The van der Waals surface area contributed by atoms with E-state index in [4.69, 9.17) is 19.2 Å². The highest BCUT2D eigenvalue weighted by atomic mass is 16.7. The highest BCUT2D eigenvalue weighted by Crippen LogP contribution is 2.35. The van der Waals surface area contributed by atoms with Crippen LogP contribution in [0.3, 0.4) is 0 Å². The van der Waals surface area contributed by atoms with E-state index >= 15 is 0 Å². The van der Waals surface area contributed by atoms with Gasteiger partial charge in [-0.25, -0.2) is 4.98 Å². The van der Waals surface area contributed by atoms with Crippen LogP contribution < -0.4 is 14.2 Å². The van der Waals surface area contributed by atoms with Gasteiger partial charge in [-0.3, -0.25) is 4.90 Å². The van der Waals surface area contributed by atoms with Crippen LogP contribution in [0.5, 0.6) is 17.2 Å². The summed E-state index contributed by atoms with van der Waals surface area (Å²) in [6.07, 6.45) is 2.18. The maximum atomic E-state index is 5.70. The van der Waals surface area contributed by atoms with Gasteiger partial charge in [-0.05, 0) is 53.9 Å². The number of nitrogens with zero attached hydrogens (tertiary/aromatic N) is 3. The summed E-state index contributed by atoms with van der Waals surface area (Å²) in [5.41, 5.74) is 6.89. The average molecular weight is 560 g/mol. The van der Waals surface area contributed by atoms with E-state index in [9.17, 15) is 0 Å². The molecule has 5 aromatic rings. The minimum Gasteiger partial charge on any atom is -0.497 e. The van der Waals surface area contributed by atoms with Gasteiger partial charge in [0.05, 0.1) is 18.5 Å². The Morgan fingerprint density at radius 2 is 1.48 bits per heavy atom. The van der Waals surface area contributed by atoms with Crippen LogP contribution in [0, 0.1) is 0 Å². The van der Waals surface area contributed by atoms with E-state index in [2.05, 4.69) is 101 Å². The molecule has 1 aliphatic heterocycles. The molecule has 1 aliphatic rings. The van der Waals surface area contributed by atoms with Crippen molar-refractivity contribution >= 4 is 0 Å². The summed E-state index contributed by atoms with van der Waals surface area (Å²) in [6, 6.07) is 35.7. The Balaban J connectivity index is 1.44. The van der Waals surface area contributed by atoms with Gasteiger partial charge in [-0.1, -0.05) is 80.1 Å². The van der Waals surface area contributed by atoms with Crippen LogP contribution in [-0.2, 0) is 26.2 Å². The van der Waals surface area contributed by atoms with Gasteiger partial charge >= 0.3 is 0 Å². The van der Waals surface area contributed by atoms with Crippen molar-refractivity contribution in [2.75, 3.05) is 13.9 Å². The largest absolute Gasteiger partial charge is 0.497 e. The zero-order valence-electron chi connectivity index (χ0n) is 24.3. The molecule has 0 aliphatic carbocycles. The van der Waals surface area contributed by atoms with Crippen molar-refractivity contribution < 1.29 is 14.2 Å². The fourth-order valence-electron chi connectivity index (χ4n) is 5.51. The van der Waals surface area contributed by atoms with Gasteiger partial charge < -0.3 is 18.8 Å². The second kappa shape index (κ2) is 13.0. The number of rotatable bonds is 12. The lowest BCUT2D eigenvalue weighted by Gasteiger charge is -2.25. The third kappa shape index (κ3) is 6.19. The molecule has 0 saturated heterocycles. The highest BCUT2D eigenvalue weighted by Gasteiger charge is 2.23. The maximum absolute atomic E-state index is 5.70. The summed E-state index contributed by atoms with van der Waals surface area (Å²) >= 11 is 0. The monoisotopic (exact) mass is 559 g/mol. The van der Waals surface area contributed by atoms with Gasteiger partial charge in [0, 0.05) is 37.3 Å². The van der Waals surface area contributed by atoms with Crippen LogP contribution in [0.4, 0.5) is 0 Å². The van der Waals surface area contributed by atoms with E-state index in [-0.39, 0.29) is 6.79 Å². The SMILES string of the molecule is CCCCn1c(-c2ccccc2)nc(-c2ccc(OC)cc2)c1CN(Cc1ccccc1)Cc1ccc2c(c1)OCO2. The first-order chi connectivity index (χ1) is 20.7. The number of methoxy groups -OCH3 is 1. The first-order valence-electron chi connectivity index (χ1n) is 14.7. The van der Waals surface area contributed by atoms with Crippen LogP contribution in [-0.4, -0.2) is 28.4 Å². The van der Waals surface area contributed by atoms with Crippen LogP contribution in [0.15, 0.2) is 103 Å². The van der Waals surface area contributed by atoms with Crippen molar-refractivity contribution in [1.82, 2.24) is 14.5 Å². The quantitative estimate of drug-likeness (QED) is 0.155. The zero-order valence-corrected chi connectivity index (χ0v) is 24.3. The lowest BCUT2D eigenvalue weighted by Crippen LogP contribution is -2.24. The minimum absolute atomic E-state index is 0.274. The van der Waals surface area contributed by atoms with Gasteiger partial charge in [0.2, 0.25) is 6.79 Å². The molecule has 0 radical (unpaired) electrons. The predicted octanol–water partition coefficient (Wildman–Crippen LogP) is 7.96. The zero-order chi connectivity index (χ0) is 28.7. The van der Waals surface area contributed by atoms with E-state index in [1.165, 1.54) is 16.8 Å². The Bertz CT molecular complexity index is 1600. The summed E-state index contributed by atoms with van der Waals surface area (Å²) in [6.45, 7) is 5.71. The molecular formula is C36H37N3O3. The number of hydrogen-bond donors (Lipinski definition) is 0. The van der Waals surface area contributed by atoms with E-state index < -0.39 is 0 Å². The Kier molecular flexibility index (Phi) is 8.52. The molecule has 2 heterocycles. The van der Waals surface area contributed by atoms with Crippen molar-refractivity contribution in [3.63, 3.8) is 0 Å². The number of unbranched alkanes of at least 4 members (excludes halogenated alkanes) is 1. The van der Waals surface area contributed by atoms with Gasteiger partial charge in [0.25, 0.3) is 0 Å². The van der Waals surface area contributed by atoms with Crippen LogP contribution >= 0.6 is 0 Å². The number of imidazole rings is 1. The lowest BCUT2D eigenvalue weighted by atomic mass is 10.1. The van der Waals surface area contributed by atoms with Crippen molar-refractivity contribution in [2.24, 2.45) is 0 Å². The molecule has 4 aromatic carbocycles. The summed E-state index contributed by atoms with van der Waals surface area (Å²) in [5, 5.41) is 0. The number of ether oxygens (including phenoxy) is 3. The molecule has 0 saturated carbocycles. The summed E-state index contributed by atoms with van der Waals surface area (Å²) < 4.78 is 19.2. The molecule has 0 atom stereocenters. The smallest absolute Gasteiger partial charge is 0.231 e. The molecule has 0 amide bonds. The second-order valence-electron chi connectivity index (χ2n) is 10.6. The molecule has 0 fully saturated rings.